The summed E-state index contributed by atoms with van der Waals surface area (Å²) in [5, 5.41) is 0. The van der Waals surface area contributed by atoms with Gasteiger partial charge in [-0.15, -0.1) is 0 Å². The quantitative estimate of drug-likeness (QED) is 0.510. The predicted molar refractivity (Wildman–Crippen MR) is 41.0 cm³/mol. The summed E-state index contributed by atoms with van der Waals surface area (Å²) >= 11 is 1.49. The average Bonchev–Trinajstić information content (AvgIpc) is 1.95. The van der Waals surface area contributed by atoms with Crippen molar-refractivity contribution in [1.29, 1.82) is 0 Å². The molecule has 1 rings (SSSR count). The van der Waals surface area contributed by atoms with Gasteiger partial charge in [0.1, 0.15) is 0 Å². The second-order valence-electron chi connectivity index (χ2n) is 2.16. The van der Waals surface area contributed by atoms with Crippen LogP contribution in [0.25, 0.3) is 0 Å². The molecule has 1 atom stereocenters. The van der Waals surface area contributed by atoms with E-state index in [-0.39, 0.29) is 11.8 Å². The number of carbonyl (C=O) groups excluding carboxylic acids is 1. The molecule has 0 aromatic heterocycles. The van der Waals surface area contributed by atoms with Gasteiger partial charge in [0.25, 0.3) is 0 Å². The molecule has 58 valence electrons. The lowest BCUT2D eigenvalue weighted by Gasteiger charge is -2.28. The van der Waals surface area contributed by atoms with Crippen LogP contribution in [0.3, 0.4) is 0 Å². The van der Waals surface area contributed by atoms with E-state index in [0.717, 1.165) is 0 Å². The van der Waals surface area contributed by atoms with Crippen LogP contribution in [0.4, 0.5) is 0 Å². The van der Waals surface area contributed by atoms with Crippen LogP contribution in [-0.4, -0.2) is 29.0 Å². The summed E-state index contributed by atoms with van der Waals surface area (Å²) in [4.78, 5) is 11.0. The minimum absolute atomic E-state index is 0.0663. The molecular weight excluding hydrogens is 150 g/mol. The maximum Gasteiger partial charge on any atom is 0.167 e. The zero-order valence-electron chi connectivity index (χ0n) is 6.05. The highest BCUT2D eigenvalue weighted by atomic mass is 32.2. The Labute approximate surface area is 64.4 Å². The Bertz CT molecular complexity index is 141. The molecule has 1 heterocycles. The van der Waals surface area contributed by atoms with E-state index in [0.29, 0.717) is 6.54 Å². The van der Waals surface area contributed by atoms with E-state index in [1.54, 1.807) is 4.41 Å². The van der Waals surface area contributed by atoms with Gasteiger partial charge in [0.2, 0.25) is 0 Å². The molecule has 4 nitrogen and oxygen atoms in total. The Kier molecular flexibility index (Phi) is 2.67. The molecule has 1 aliphatic heterocycles. The fourth-order valence-electron chi connectivity index (χ4n) is 0.678. The Hall–Kier alpha value is -0.100. The van der Waals surface area contributed by atoms with Crippen molar-refractivity contribution in [3.8, 4) is 0 Å². The van der Waals surface area contributed by atoms with Gasteiger partial charge in [0.15, 0.2) is 5.78 Å². The van der Waals surface area contributed by atoms with Crippen molar-refractivity contribution >= 4 is 17.7 Å². The maximum atomic E-state index is 11.0. The molecule has 0 bridgehead atoms. The van der Waals surface area contributed by atoms with E-state index in [9.17, 15) is 4.79 Å². The number of hydrogen-bond donors (Lipinski definition) is 2. The fourth-order valence-corrected chi connectivity index (χ4v) is 1.08. The first-order chi connectivity index (χ1) is 4.74. The molecular formula is C5H11N3OS. The van der Waals surface area contributed by atoms with Crippen molar-refractivity contribution in [1.82, 2.24) is 15.4 Å². The van der Waals surface area contributed by atoms with Crippen LogP contribution in [0.15, 0.2) is 0 Å². The lowest BCUT2D eigenvalue weighted by Crippen LogP contribution is -2.58. The second-order valence-corrected chi connectivity index (χ2v) is 2.97. The standard InChI is InChI=1S/C5H11N3OS/c1-4-5(9)3-8(10-2)7-6-4/h4,6-7H,3H2,1-2H3. The fraction of sp³-hybridized carbons (Fsp3) is 0.800. The summed E-state index contributed by atoms with van der Waals surface area (Å²) in [6.07, 6.45) is 1.91. The summed E-state index contributed by atoms with van der Waals surface area (Å²) < 4.78 is 1.75. The summed E-state index contributed by atoms with van der Waals surface area (Å²) in [5.74, 6) is 0.216. The van der Waals surface area contributed by atoms with Crippen LogP contribution in [0.1, 0.15) is 6.92 Å². The largest absolute Gasteiger partial charge is 0.296 e. The van der Waals surface area contributed by atoms with Crippen LogP contribution in [-0.2, 0) is 4.79 Å². The normalized spacial score (nSPS) is 29.0. The molecule has 5 heteroatoms. The van der Waals surface area contributed by atoms with Gasteiger partial charge < -0.3 is 0 Å². The highest BCUT2D eigenvalue weighted by Gasteiger charge is 2.21. The van der Waals surface area contributed by atoms with E-state index in [1.807, 2.05) is 13.2 Å². The van der Waals surface area contributed by atoms with Crippen molar-refractivity contribution < 1.29 is 4.79 Å². The van der Waals surface area contributed by atoms with Gasteiger partial charge in [-0.2, -0.15) is 9.95 Å². The minimum Gasteiger partial charge on any atom is -0.296 e. The highest BCUT2D eigenvalue weighted by Crippen LogP contribution is 2.03. The number of rotatable bonds is 1. The molecule has 1 fully saturated rings. The molecule has 0 saturated carbocycles. The van der Waals surface area contributed by atoms with Crippen molar-refractivity contribution in [3.05, 3.63) is 0 Å². The molecule has 2 N–H and O–H groups in total. The summed E-state index contributed by atoms with van der Waals surface area (Å²) in [6, 6.07) is -0.0663. The van der Waals surface area contributed by atoms with Crippen LogP contribution >= 0.6 is 11.9 Å². The van der Waals surface area contributed by atoms with Crippen molar-refractivity contribution in [3.63, 3.8) is 0 Å². The third kappa shape index (κ3) is 1.69. The lowest BCUT2D eigenvalue weighted by atomic mass is 10.2. The Balaban J connectivity index is 2.41. The van der Waals surface area contributed by atoms with Crippen LogP contribution < -0.4 is 11.0 Å². The summed E-state index contributed by atoms with van der Waals surface area (Å²) in [5.41, 5.74) is 5.71. The molecule has 0 aliphatic carbocycles. The van der Waals surface area contributed by atoms with Gasteiger partial charge in [-0.3, -0.25) is 4.79 Å². The SMILES string of the molecule is CSN1CC(=O)C(C)NN1. The Morgan fingerprint density at radius 3 is 3.00 bits per heavy atom. The third-order valence-electron chi connectivity index (χ3n) is 1.41. The topological polar surface area (TPSA) is 44.4 Å². The van der Waals surface area contributed by atoms with Crippen molar-refractivity contribution in [2.24, 2.45) is 0 Å². The number of carbonyl (C=O) groups is 1. The molecule has 1 aliphatic rings. The molecule has 10 heavy (non-hydrogen) atoms. The monoisotopic (exact) mass is 161 g/mol. The number of Topliss-reactive ketones (excluding diaryl/α,β-unsaturated/α-hetero) is 1. The average molecular weight is 161 g/mol. The van der Waals surface area contributed by atoms with E-state index in [4.69, 9.17) is 0 Å². The molecule has 0 aromatic rings. The predicted octanol–water partition coefficient (Wildman–Crippen LogP) is -0.453. The molecule has 0 aromatic carbocycles. The molecule has 0 radical (unpaired) electrons. The Morgan fingerprint density at radius 2 is 2.50 bits per heavy atom. The van der Waals surface area contributed by atoms with Gasteiger partial charge in [0, 0.05) is 0 Å². The van der Waals surface area contributed by atoms with Gasteiger partial charge in [-0.25, -0.2) is 5.43 Å². The van der Waals surface area contributed by atoms with Crippen molar-refractivity contribution in [2.45, 2.75) is 13.0 Å². The van der Waals surface area contributed by atoms with Gasteiger partial charge in [-0.1, -0.05) is 11.9 Å². The minimum atomic E-state index is -0.0663. The van der Waals surface area contributed by atoms with Crippen LogP contribution in [0.2, 0.25) is 0 Å². The molecule has 0 amide bonds. The van der Waals surface area contributed by atoms with Crippen molar-refractivity contribution in [2.75, 3.05) is 12.8 Å². The van der Waals surface area contributed by atoms with Gasteiger partial charge in [-0.05, 0) is 13.2 Å². The maximum absolute atomic E-state index is 11.0. The lowest BCUT2D eigenvalue weighted by molar-refractivity contribution is -0.124. The number of nitrogens with zero attached hydrogens (tertiary/aromatic N) is 1. The van der Waals surface area contributed by atoms with E-state index < -0.39 is 0 Å². The van der Waals surface area contributed by atoms with E-state index in [1.165, 1.54) is 11.9 Å². The van der Waals surface area contributed by atoms with Crippen LogP contribution in [0, 0.1) is 0 Å². The van der Waals surface area contributed by atoms with Gasteiger partial charge in [0.05, 0.1) is 12.6 Å². The zero-order valence-corrected chi connectivity index (χ0v) is 6.86. The number of ketones is 1. The zero-order chi connectivity index (χ0) is 7.56. The van der Waals surface area contributed by atoms with E-state index >= 15 is 0 Å². The Morgan fingerprint density at radius 1 is 1.80 bits per heavy atom. The van der Waals surface area contributed by atoms with Crippen LogP contribution in [0.5, 0.6) is 0 Å². The first-order valence-electron chi connectivity index (χ1n) is 3.09. The molecule has 0 spiro atoms. The number of hydrazine groups is 2. The number of hydrogen-bond acceptors (Lipinski definition) is 5. The first-order valence-corrected chi connectivity index (χ1v) is 4.27. The van der Waals surface area contributed by atoms with E-state index in [2.05, 4.69) is 11.0 Å². The first kappa shape index (κ1) is 8.00. The highest BCUT2D eigenvalue weighted by molar-refractivity contribution is 7.96. The summed E-state index contributed by atoms with van der Waals surface area (Å²) in [6.45, 7) is 2.31. The molecule has 1 saturated heterocycles. The number of nitrogens with one attached hydrogen (secondary N) is 2. The molecule has 1 unspecified atom stereocenters. The third-order valence-corrected chi connectivity index (χ3v) is 2.07. The smallest absolute Gasteiger partial charge is 0.167 e. The second kappa shape index (κ2) is 3.34. The summed E-state index contributed by atoms with van der Waals surface area (Å²) in [7, 11) is 0. The van der Waals surface area contributed by atoms with Gasteiger partial charge >= 0.3 is 0 Å².